The molecule has 1 aromatic rings. The fourth-order valence-electron chi connectivity index (χ4n) is 4.80. The maximum atomic E-state index is 12.4. The number of nitrogens with zero attached hydrogens (tertiary/aromatic N) is 1. The predicted molar refractivity (Wildman–Crippen MR) is 174 cm³/mol. The predicted octanol–water partition coefficient (Wildman–Crippen LogP) is 6.20. The molecule has 17 heteroatoms. The summed E-state index contributed by atoms with van der Waals surface area (Å²) in [6.45, 7) is 17.1. The Kier molecular flexibility index (Phi) is 15.5. The molecule has 0 heterocycles. The molecule has 0 saturated heterocycles. The number of rotatable bonds is 20. The summed E-state index contributed by atoms with van der Waals surface area (Å²) in [6, 6.07) is 3.41. The van der Waals surface area contributed by atoms with Crippen LogP contribution < -0.4 is 14.8 Å². The van der Waals surface area contributed by atoms with Crippen molar-refractivity contribution in [2.24, 2.45) is 0 Å². The number of amides is 1. The second kappa shape index (κ2) is 17.0. The third-order valence-electron chi connectivity index (χ3n) is 6.36. The van der Waals surface area contributed by atoms with Crippen molar-refractivity contribution in [1.82, 2.24) is 5.32 Å². The number of hydrogen-bond donors (Lipinski definition) is 1. The van der Waals surface area contributed by atoms with Crippen LogP contribution in [0, 0.1) is 10.1 Å². The average Bonchev–Trinajstić information content (AvgIpc) is 2.89. The van der Waals surface area contributed by atoms with Crippen LogP contribution in [0.2, 0.25) is 57.9 Å². The molecule has 0 aliphatic carbocycles. The van der Waals surface area contributed by atoms with Gasteiger partial charge in [-0.1, -0.05) is 0 Å². The lowest BCUT2D eigenvalue weighted by Gasteiger charge is -2.37. The summed E-state index contributed by atoms with van der Waals surface area (Å²) >= 11 is 0. The fourth-order valence-corrected chi connectivity index (χ4v) is 19.7. The molecule has 1 N–H and O–H groups in total. The molecule has 43 heavy (non-hydrogen) atoms. The van der Waals surface area contributed by atoms with E-state index in [4.69, 9.17) is 35.7 Å². The van der Waals surface area contributed by atoms with E-state index in [1.165, 1.54) is 40.6 Å². The molecular formula is C26H52N2O11Si4. The Morgan fingerprint density at radius 2 is 1.47 bits per heavy atom. The average molecular weight is 681 g/mol. The van der Waals surface area contributed by atoms with Gasteiger partial charge in [0.15, 0.2) is 28.1 Å². The number of nitro groups is 1. The number of nitrogens with one attached hydrogen (secondary N) is 1. The van der Waals surface area contributed by atoms with Gasteiger partial charge < -0.3 is 41.0 Å². The van der Waals surface area contributed by atoms with Crippen molar-refractivity contribution < 1.29 is 45.4 Å². The molecule has 0 bridgehead atoms. The fraction of sp³-hybridized carbons (Fsp3) is 0.731. The summed E-state index contributed by atoms with van der Waals surface area (Å²) < 4.78 is 45.6. The molecule has 248 valence electrons. The molecule has 1 rings (SSSR count). The molecule has 0 radical (unpaired) electrons. The van der Waals surface area contributed by atoms with Gasteiger partial charge in [-0.05, 0) is 77.7 Å². The highest BCUT2D eigenvalue weighted by molar-refractivity contribution is 6.87. The van der Waals surface area contributed by atoms with Crippen LogP contribution in [0.5, 0.6) is 11.5 Å². The first-order chi connectivity index (χ1) is 19.8. The lowest BCUT2D eigenvalue weighted by Crippen LogP contribution is -2.51. The van der Waals surface area contributed by atoms with Gasteiger partial charge >= 0.3 is 23.5 Å². The Labute approximate surface area is 260 Å². The molecule has 0 aromatic heterocycles. The molecule has 0 fully saturated rings. The van der Waals surface area contributed by atoms with Gasteiger partial charge in [0.25, 0.3) is 5.69 Å². The summed E-state index contributed by atoms with van der Waals surface area (Å²) in [5.74, 6) is 0.583. The Bertz CT molecular complexity index is 1040. The number of nitro benzene ring substituents is 1. The molecule has 0 aliphatic heterocycles. The molecule has 0 saturated carbocycles. The van der Waals surface area contributed by atoms with Gasteiger partial charge in [-0.3, -0.25) is 10.1 Å². The SMILES string of the molecule is COc1cc(C(C)NC(=O)OCCC[Si](OC)(OC)OC)c([N+](=O)[O-])cc1OCCC[Si](C)(C)O[Si](C)(C)O[Si](C)(C)C. The van der Waals surface area contributed by atoms with Crippen LogP contribution in [0.3, 0.4) is 0 Å². The van der Waals surface area contributed by atoms with Gasteiger partial charge in [-0.2, -0.15) is 0 Å². The highest BCUT2D eigenvalue weighted by atomic mass is 28.5. The summed E-state index contributed by atoms with van der Waals surface area (Å²) in [5, 5.41) is 14.6. The van der Waals surface area contributed by atoms with Crippen LogP contribution in [0.4, 0.5) is 10.5 Å². The van der Waals surface area contributed by atoms with Crippen LogP contribution in [-0.4, -0.2) is 86.7 Å². The van der Waals surface area contributed by atoms with Crippen molar-refractivity contribution in [3.05, 3.63) is 27.8 Å². The minimum atomic E-state index is -2.77. The van der Waals surface area contributed by atoms with E-state index in [0.717, 1.165) is 6.04 Å². The monoisotopic (exact) mass is 680 g/mol. The number of benzene rings is 1. The quantitative estimate of drug-likeness (QED) is 0.0727. The Morgan fingerprint density at radius 1 is 0.884 bits per heavy atom. The first-order valence-electron chi connectivity index (χ1n) is 14.3. The van der Waals surface area contributed by atoms with Gasteiger partial charge in [0.05, 0.1) is 42.9 Å². The van der Waals surface area contributed by atoms with Crippen molar-refractivity contribution in [1.29, 1.82) is 0 Å². The summed E-state index contributed by atoms with van der Waals surface area (Å²) in [6.07, 6.45) is 0.458. The second-order valence-electron chi connectivity index (χ2n) is 12.1. The molecule has 1 atom stereocenters. The van der Waals surface area contributed by atoms with Crippen molar-refractivity contribution in [3.63, 3.8) is 0 Å². The van der Waals surface area contributed by atoms with E-state index in [2.05, 4.69) is 51.1 Å². The highest BCUT2D eigenvalue weighted by Gasteiger charge is 2.38. The number of hydrogen-bond acceptors (Lipinski definition) is 11. The third-order valence-corrected chi connectivity index (χ3v) is 19.3. The number of alkyl carbamates (subject to hydrolysis) is 1. The lowest BCUT2D eigenvalue weighted by atomic mass is 10.1. The first-order valence-corrected chi connectivity index (χ1v) is 25.6. The smallest absolute Gasteiger partial charge is 0.493 e. The van der Waals surface area contributed by atoms with Crippen LogP contribution in [-0.2, 0) is 26.2 Å². The summed E-state index contributed by atoms with van der Waals surface area (Å²) in [5.41, 5.74) is 0.0567. The molecule has 1 amide bonds. The van der Waals surface area contributed by atoms with E-state index in [1.54, 1.807) is 6.92 Å². The zero-order valence-corrected chi connectivity index (χ0v) is 31.9. The summed E-state index contributed by atoms with van der Waals surface area (Å²) in [4.78, 5) is 23.9. The third kappa shape index (κ3) is 13.8. The van der Waals surface area contributed by atoms with Crippen molar-refractivity contribution in [2.75, 3.05) is 41.7 Å². The van der Waals surface area contributed by atoms with Crippen molar-refractivity contribution >= 4 is 45.8 Å². The maximum absolute atomic E-state index is 12.4. The summed E-state index contributed by atoms with van der Waals surface area (Å²) in [7, 11) is -2.76. The van der Waals surface area contributed by atoms with Gasteiger partial charge in [0.2, 0.25) is 0 Å². The van der Waals surface area contributed by atoms with Gasteiger partial charge in [-0.15, -0.1) is 0 Å². The van der Waals surface area contributed by atoms with Gasteiger partial charge in [0, 0.05) is 27.4 Å². The molecule has 1 unspecified atom stereocenters. The van der Waals surface area contributed by atoms with Gasteiger partial charge in [-0.25, -0.2) is 4.79 Å². The minimum absolute atomic E-state index is 0.0945. The maximum Gasteiger partial charge on any atom is 0.500 e. The Balaban J connectivity index is 2.83. The standard InChI is InChI=1S/C26H52N2O11Si4/c1-21(27-26(29)37-16-14-18-43(33-3,34-4)35-5)22-19-24(32-2)25(20-23(22)28(30)31)36-15-13-17-41(9,10)39-42(11,12)38-40(6,7)8/h19-21H,13-18H2,1-12H3,(H,27,29). The molecule has 13 nitrogen and oxygen atoms in total. The lowest BCUT2D eigenvalue weighted by molar-refractivity contribution is -0.385. The van der Waals surface area contributed by atoms with E-state index in [-0.39, 0.29) is 23.6 Å². The van der Waals surface area contributed by atoms with Gasteiger partial charge in [0.1, 0.15) is 0 Å². The topological polar surface area (TPSA) is 146 Å². The van der Waals surface area contributed by atoms with Crippen LogP contribution in [0.15, 0.2) is 12.1 Å². The normalized spacial score (nSPS) is 13.4. The van der Waals surface area contributed by atoms with Crippen LogP contribution >= 0.6 is 0 Å². The minimum Gasteiger partial charge on any atom is -0.493 e. The molecular weight excluding hydrogens is 629 g/mol. The zero-order valence-electron chi connectivity index (χ0n) is 27.9. The van der Waals surface area contributed by atoms with E-state index >= 15 is 0 Å². The highest BCUT2D eigenvalue weighted by Crippen LogP contribution is 2.38. The number of ether oxygens (including phenoxy) is 3. The molecule has 0 spiro atoms. The second-order valence-corrected chi connectivity index (χ2v) is 27.9. The van der Waals surface area contributed by atoms with E-state index < -0.39 is 51.1 Å². The molecule has 1 aromatic carbocycles. The number of methoxy groups -OCH3 is 1. The molecule has 0 aliphatic rings. The number of carbonyl (C=O) groups excluding carboxylic acids is 1. The van der Waals surface area contributed by atoms with Crippen molar-refractivity contribution in [3.8, 4) is 11.5 Å². The number of carbonyl (C=O) groups is 1. The van der Waals surface area contributed by atoms with E-state index in [9.17, 15) is 14.9 Å². The first kappa shape index (κ1) is 39.2. The largest absolute Gasteiger partial charge is 0.500 e. The zero-order chi connectivity index (χ0) is 33.1. The Morgan fingerprint density at radius 3 is 1.98 bits per heavy atom. The Hall–Kier alpha value is -1.84. The van der Waals surface area contributed by atoms with Crippen LogP contribution in [0.25, 0.3) is 0 Å². The van der Waals surface area contributed by atoms with Crippen molar-refractivity contribution in [2.45, 2.75) is 83.7 Å². The van der Waals surface area contributed by atoms with E-state index in [0.29, 0.717) is 31.2 Å². The van der Waals surface area contributed by atoms with E-state index in [1.807, 2.05) is 0 Å². The van der Waals surface area contributed by atoms with Crippen LogP contribution in [0.1, 0.15) is 31.4 Å².